The number of benzene rings is 2. The molecule has 1 saturated heterocycles. The van der Waals surface area contributed by atoms with E-state index in [4.69, 9.17) is 14.2 Å². The molecule has 2 aromatic rings. The van der Waals surface area contributed by atoms with Gasteiger partial charge in [0, 0.05) is 18.0 Å². The SMILES string of the molecule is COc1ccc(S[C@@H](C)C(=O)Nc2ccccc2C(=O)NC[C@H]2CCCO2)cc1OC. The van der Waals surface area contributed by atoms with Gasteiger partial charge in [-0.3, -0.25) is 9.59 Å². The zero-order valence-electron chi connectivity index (χ0n) is 18.0. The smallest absolute Gasteiger partial charge is 0.253 e. The maximum atomic E-state index is 12.8. The summed E-state index contributed by atoms with van der Waals surface area (Å²) in [5.74, 6) is 0.811. The predicted octanol–water partition coefficient (Wildman–Crippen LogP) is 3.73. The van der Waals surface area contributed by atoms with E-state index in [-0.39, 0.29) is 23.2 Å². The molecule has 166 valence electrons. The number of methoxy groups -OCH3 is 2. The summed E-state index contributed by atoms with van der Waals surface area (Å²) in [7, 11) is 3.15. The number of carbonyl (C=O) groups excluding carboxylic acids is 2. The summed E-state index contributed by atoms with van der Waals surface area (Å²) in [6, 6.07) is 12.5. The number of anilines is 1. The minimum atomic E-state index is -0.388. The van der Waals surface area contributed by atoms with Crippen LogP contribution >= 0.6 is 11.8 Å². The maximum absolute atomic E-state index is 12.8. The zero-order valence-corrected chi connectivity index (χ0v) is 18.8. The van der Waals surface area contributed by atoms with Crippen molar-refractivity contribution >= 4 is 29.3 Å². The predicted molar refractivity (Wildman–Crippen MR) is 121 cm³/mol. The molecule has 2 amide bonds. The molecule has 2 atom stereocenters. The Hall–Kier alpha value is -2.71. The Balaban J connectivity index is 1.62. The van der Waals surface area contributed by atoms with Gasteiger partial charge in [0.1, 0.15) is 0 Å². The Labute approximate surface area is 186 Å². The van der Waals surface area contributed by atoms with Gasteiger partial charge in [0.25, 0.3) is 5.91 Å². The molecular weight excluding hydrogens is 416 g/mol. The van der Waals surface area contributed by atoms with E-state index >= 15 is 0 Å². The van der Waals surface area contributed by atoms with Gasteiger partial charge in [-0.25, -0.2) is 0 Å². The van der Waals surface area contributed by atoms with Crippen molar-refractivity contribution in [1.29, 1.82) is 0 Å². The van der Waals surface area contributed by atoms with Crippen LogP contribution < -0.4 is 20.1 Å². The molecule has 1 heterocycles. The number of hydrogen-bond donors (Lipinski definition) is 2. The lowest BCUT2D eigenvalue weighted by molar-refractivity contribution is -0.115. The highest BCUT2D eigenvalue weighted by atomic mass is 32.2. The quantitative estimate of drug-likeness (QED) is 0.573. The van der Waals surface area contributed by atoms with E-state index < -0.39 is 0 Å². The Morgan fingerprint density at radius 2 is 1.94 bits per heavy atom. The molecule has 0 saturated carbocycles. The fourth-order valence-corrected chi connectivity index (χ4v) is 4.17. The Morgan fingerprint density at radius 1 is 1.16 bits per heavy atom. The van der Waals surface area contributed by atoms with Crippen molar-refractivity contribution in [2.75, 3.05) is 32.7 Å². The minimum absolute atomic E-state index is 0.0589. The summed E-state index contributed by atoms with van der Waals surface area (Å²) in [5, 5.41) is 5.40. The summed E-state index contributed by atoms with van der Waals surface area (Å²) in [4.78, 5) is 26.3. The van der Waals surface area contributed by atoms with E-state index in [9.17, 15) is 9.59 Å². The third-order valence-electron chi connectivity index (χ3n) is 4.98. The van der Waals surface area contributed by atoms with Crippen LogP contribution in [-0.4, -0.2) is 50.5 Å². The fraction of sp³-hybridized carbons (Fsp3) is 0.391. The first kappa shape index (κ1) is 23.0. The first-order valence-corrected chi connectivity index (χ1v) is 11.1. The zero-order chi connectivity index (χ0) is 22.2. The number of hydrogen-bond acceptors (Lipinski definition) is 6. The second kappa shape index (κ2) is 11.1. The highest BCUT2D eigenvalue weighted by molar-refractivity contribution is 8.00. The molecule has 31 heavy (non-hydrogen) atoms. The van der Waals surface area contributed by atoms with Crippen LogP contribution in [0.4, 0.5) is 5.69 Å². The van der Waals surface area contributed by atoms with Crippen LogP contribution in [0.25, 0.3) is 0 Å². The summed E-state index contributed by atoms with van der Waals surface area (Å²) >= 11 is 1.40. The molecule has 0 spiro atoms. The first-order valence-electron chi connectivity index (χ1n) is 10.2. The Kier molecular flexibility index (Phi) is 8.20. The van der Waals surface area contributed by atoms with E-state index in [1.54, 1.807) is 44.6 Å². The summed E-state index contributed by atoms with van der Waals surface area (Å²) in [5.41, 5.74) is 0.911. The molecule has 2 aromatic carbocycles. The van der Waals surface area contributed by atoms with Gasteiger partial charge in [-0.1, -0.05) is 12.1 Å². The summed E-state index contributed by atoms with van der Waals surface area (Å²) < 4.78 is 16.1. The number of thioether (sulfide) groups is 1. The van der Waals surface area contributed by atoms with Crippen molar-refractivity contribution in [2.45, 2.75) is 36.0 Å². The second-order valence-corrected chi connectivity index (χ2v) is 8.57. The molecule has 1 aliphatic rings. The lowest BCUT2D eigenvalue weighted by atomic mass is 10.1. The number of nitrogens with one attached hydrogen (secondary N) is 2. The lowest BCUT2D eigenvalue weighted by Gasteiger charge is -2.16. The molecule has 1 aliphatic heterocycles. The molecule has 0 aromatic heterocycles. The van der Waals surface area contributed by atoms with Gasteiger partial charge >= 0.3 is 0 Å². The highest BCUT2D eigenvalue weighted by Gasteiger charge is 2.20. The molecule has 1 fully saturated rings. The molecule has 0 unspecified atom stereocenters. The summed E-state index contributed by atoms with van der Waals surface area (Å²) in [6.45, 7) is 3.02. The van der Waals surface area contributed by atoms with Crippen LogP contribution in [0.1, 0.15) is 30.1 Å². The maximum Gasteiger partial charge on any atom is 0.253 e. The van der Waals surface area contributed by atoms with Crippen LogP contribution in [0.2, 0.25) is 0 Å². The van der Waals surface area contributed by atoms with Gasteiger partial charge in [0.2, 0.25) is 5.91 Å². The van der Waals surface area contributed by atoms with Crippen LogP contribution in [0, 0.1) is 0 Å². The van der Waals surface area contributed by atoms with Gasteiger partial charge in [-0.2, -0.15) is 0 Å². The van der Waals surface area contributed by atoms with Gasteiger partial charge in [-0.15, -0.1) is 11.8 Å². The van der Waals surface area contributed by atoms with E-state index in [1.165, 1.54) is 11.8 Å². The van der Waals surface area contributed by atoms with Crippen LogP contribution in [0.5, 0.6) is 11.5 Å². The van der Waals surface area contributed by atoms with Gasteiger partial charge in [0.15, 0.2) is 11.5 Å². The first-order chi connectivity index (χ1) is 15.0. The number of ether oxygens (including phenoxy) is 3. The van der Waals surface area contributed by atoms with Gasteiger partial charge in [-0.05, 0) is 50.1 Å². The average Bonchev–Trinajstić information content (AvgIpc) is 3.31. The van der Waals surface area contributed by atoms with E-state index in [0.717, 1.165) is 24.3 Å². The Bertz CT molecular complexity index is 915. The monoisotopic (exact) mass is 444 g/mol. The largest absolute Gasteiger partial charge is 0.493 e. The minimum Gasteiger partial charge on any atom is -0.493 e. The normalized spacial score (nSPS) is 16.4. The molecule has 3 rings (SSSR count). The number of amides is 2. The second-order valence-electron chi connectivity index (χ2n) is 7.16. The molecular formula is C23H28N2O5S. The van der Waals surface area contributed by atoms with Crippen molar-refractivity contribution < 1.29 is 23.8 Å². The van der Waals surface area contributed by atoms with Gasteiger partial charge in [0.05, 0.1) is 36.8 Å². The molecule has 0 bridgehead atoms. The lowest BCUT2D eigenvalue weighted by Crippen LogP contribution is -2.32. The third kappa shape index (κ3) is 6.15. The fourth-order valence-electron chi connectivity index (χ4n) is 3.28. The molecule has 0 radical (unpaired) electrons. The van der Waals surface area contributed by atoms with Gasteiger partial charge < -0.3 is 24.8 Å². The van der Waals surface area contributed by atoms with Crippen molar-refractivity contribution in [3.05, 3.63) is 48.0 Å². The molecule has 2 N–H and O–H groups in total. The number of para-hydroxylation sites is 1. The van der Waals surface area contributed by atoms with Crippen molar-refractivity contribution in [1.82, 2.24) is 5.32 Å². The van der Waals surface area contributed by atoms with Crippen LogP contribution in [0.3, 0.4) is 0 Å². The molecule has 8 heteroatoms. The standard InChI is InChI=1S/C23H28N2O5S/c1-15(31-17-10-11-20(28-2)21(13-17)29-3)22(26)25-19-9-5-4-8-18(19)23(27)24-14-16-7-6-12-30-16/h4-5,8-11,13,15-16H,6-7,12,14H2,1-3H3,(H,24,27)(H,25,26)/t15-,16+/m0/s1. The van der Waals surface area contributed by atoms with E-state index in [0.29, 0.717) is 29.3 Å². The topological polar surface area (TPSA) is 85.9 Å². The average molecular weight is 445 g/mol. The number of carbonyl (C=O) groups is 2. The molecule has 7 nitrogen and oxygen atoms in total. The number of rotatable bonds is 9. The highest BCUT2D eigenvalue weighted by Crippen LogP contribution is 2.33. The van der Waals surface area contributed by atoms with Crippen molar-refractivity contribution in [3.8, 4) is 11.5 Å². The van der Waals surface area contributed by atoms with E-state index in [1.807, 2.05) is 19.1 Å². The molecule has 0 aliphatic carbocycles. The third-order valence-corrected chi connectivity index (χ3v) is 6.07. The van der Waals surface area contributed by atoms with Crippen molar-refractivity contribution in [3.63, 3.8) is 0 Å². The van der Waals surface area contributed by atoms with E-state index in [2.05, 4.69) is 10.6 Å². The summed E-state index contributed by atoms with van der Waals surface area (Å²) in [6.07, 6.45) is 2.02. The van der Waals surface area contributed by atoms with Crippen molar-refractivity contribution in [2.24, 2.45) is 0 Å². The van der Waals surface area contributed by atoms with Crippen LogP contribution in [-0.2, 0) is 9.53 Å². The van der Waals surface area contributed by atoms with Crippen LogP contribution in [0.15, 0.2) is 47.4 Å². The Morgan fingerprint density at radius 3 is 2.65 bits per heavy atom.